The maximum atomic E-state index is 12.2. The van der Waals surface area contributed by atoms with Gasteiger partial charge in [-0.05, 0) is 18.4 Å². The van der Waals surface area contributed by atoms with Gasteiger partial charge in [-0.3, -0.25) is 0 Å². The van der Waals surface area contributed by atoms with E-state index < -0.39 is 43.0 Å². The minimum atomic E-state index is -1.44. The van der Waals surface area contributed by atoms with Crippen LogP contribution in [0.15, 0.2) is 0 Å². The molecule has 27 heavy (non-hydrogen) atoms. The third-order valence-corrected chi connectivity index (χ3v) is 4.48. The monoisotopic (exact) mass is 384 g/mol. The van der Waals surface area contributed by atoms with Gasteiger partial charge in [-0.25, -0.2) is 9.59 Å². The minimum Gasteiger partial charge on any atom is -0.464 e. The molecule has 1 fully saturated rings. The topological polar surface area (TPSA) is 148 Å². The van der Waals surface area contributed by atoms with E-state index in [1.807, 2.05) is 6.92 Å². The Balaban J connectivity index is 2.69. The number of aliphatic hydroxyl groups excluding tert-OH is 3. The number of ether oxygens (including phenoxy) is 3. The number of rotatable bonds is 7. The fourth-order valence-corrected chi connectivity index (χ4v) is 3.04. The van der Waals surface area contributed by atoms with Gasteiger partial charge < -0.3 is 29.5 Å². The molecule has 0 saturated carbocycles. The van der Waals surface area contributed by atoms with Crippen molar-refractivity contribution in [2.24, 2.45) is 0 Å². The van der Waals surface area contributed by atoms with Crippen molar-refractivity contribution < 1.29 is 39.1 Å². The second kappa shape index (κ2) is 9.18. The normalized spacial score (nSPS) is 24.7. The second-order valence-electron chi connectivity index (χ2n) is 6.14. The fraction of sp³-hybridized carbons (Fsp3) is 0.647. The lowest BCUT2D eigenvalue weighted by atomic mass is 9.92. The van der Waals surface area contributed by atoms with E-state index in [1.54, 1.807) is 0 Å². The summed E-state index contributed by atoms with van der Waals surface area (Å²) in [5, 5.41) is 37.5. The van der Waals surface area contributed by atoms with Gasteiger partial charge in [-0.15, -0.1) is 10.2 Å². The molecular formula is C17H24N2O8. The molecule has 1 aromatic rings. The third-order valence-electron chi connectivity index (χ3n) is 4.48. The molecular weight excluding hydrogens is 360 g/mol. The number of carbonyl (C=O) groups is 2. The molecule has 1 saturated heterocycles. The molecule has 150 valence electrons. The lowest BCUT2D eigenvalue weighted by molar-refractivity contribution is -0.0235. The number of aromatic nitrogens is 2. The van der Waals surface area contributed by atoms with Crippen molar-refractivity contribution in [3.63, 3.8) is 0 Å². The fourth-order valence-electron chi connectivity index (χ4n) is 3.04. The Morgan fingerprint density at radius 3 is 2.19 bits per heavy atom. The largest absolute Gasteiger partial charge is 0.464 e. The molecule has 0 radical (unpaired) electrons. The zero-order valence-corrected chi connectivity index (χ0v) is 15.4. The number of carbonyl (C=O) groups excluding carboxylic acids is 2. The van der Waals surface area contributed by atoms with Crippen LogP contribution in [0.1, 0.15) is 58.0 Å². The Kier molecular flexibility index (Phi) is 7.19. The van der Waals surface area contributed by atoms with E-state index in [-0.39, 0.29) is 17.0 Å². The van der Waals surface area contributed by atoms with Crippen molar-refractivity contribution in [3.05, 3.63) is 22.5 Å². The van der Waals surface area contributed by atoms with Gasteiger partial charge in [0.15, 0.2) is 11.4 Å². The number of esters is 2. The van der Waals surface area contributed by atoms with Gasteiger partial charge in [-0.2, -0.15) is 0 Å². The smallest absolute Gasteiger partial charge is 0.358 e. The number of methoxy groups -OCH3 is 2. The van der Waals surface area contributed by atoms with E-state index in [0.29, 0.717) is 18.4 Å². The minimum absolute atomic E-state index is 0.105. The second-order valence-corrected chi connectivity index (χ2v) is 6.14. The van der Waals surface area contributed by atoms with Gasteiger partial charge in [0.25, 0.3) is 0 Å². The van der Waals surface area contributed by atoms with Crippen LogP contribution >= 0.6 is 0 Å². The Morgan fingerprint density at radius 1 is 1.07 bits per heavy atom. The lowest BCUT2D eigenvalue weighted by Crippen LogP contribution is -2.33. The average Bonchev–Trinajstić information content (AvgIpc) is 2.98. The van der Waals surface area contributed by atoms with E-state index in [2.05, 4.69) is 10.2 Å². The number of nitrogens with zero attached hydrogens (tertiary/aromatic N) is 2. The average molecular weight is 384 g/mol. The van der Waals surface area contributed by atoms with Crippen LogP contribution in [0.4, 0.5) is 0 Å². The van der Waals surface area contributed by atoms with Crippen molar-refractivity contribution in [1.29, 1.82) is 0 Å². The standard InChI is InChI=1S/C17H24N2O8/c1-4-5-6-8-10(15-14(22)13(21)9(7-20)27-15)12(17(24)26-3)19-18-11(8)16(23)25-2/h9,13-15,20-22H,4-7H2,1-3H3/t9-,13-,14-,15+/m1/s1. The van der Waals surface area contributed by atoms with Gasteiger partial charge in [-0.1, -0.05) is 13.3 Å². The zero-order valence-electron chi connectivity index (χ0n) is 15.4. The molecule has 1 aromatic heterocycles. The highest BCUT2D eigenvalue weighted by molar-refractivity contribution is 5.93. The summed E-state index contributed by atoms with van der Waals surface area (Å²) >= 11 is 0. The maximum Gasteiger partial charge on any atom is 0.358 e. The SMILES string of the molecule is CCCCc1c(C(=O)OC)nnc(C(=O)OC)c1[C@@H]1O[C@H](CO)[C@@H](O)[C@H]1O. The molecule has 0 spiro atoms. The zero-order chi connectivity index (χ0) is 20.1. The molecule has 0 unspecified atom stereocenters. The molecule has 1 aliphatic rings. The molecule has 0 aliphatic carbocycles. The summed E-state index contributed by atoms with van der Waals surface area (Å²) in [6.45, 7) is 1.41. The molecule has 1 aliphatic heterocycles. The van der Waals surface area contributed by atoms with Crippen molar-refractivity contribution in [2.45, 2.75) is 50.6 Å². The highest BCUT2D eigenvalue weighted by Crippen LogP contribution is 2.38. The number of hydrogen-bond donors (Lipinski definition) is 3. The van der Waals surface area contributed by atoms with Gasteiger partial charge in [0.2, 0.25) is 0 Å². The quantitative estimate of drug-likeness (QED) is 0.528. The Bertz CT molecular complexity index is 696. The van der Waals surface area contributed by atoms with Gasteiger partial charge >= 0.3 is 11.9 Å². The molecule has 10 nitrogen and oxygen atoms in total. The summed E-state index contributed by atoms with van der Waals surface area (Å²) in [5.41, 5.74) is 0.0968. The van der Waals surface area contributed by atoms with Crippen LogP contribution in [0.5, 0.6) is 0 Å². The molecule has 4 atom stereocenters. The predicted octanol–water partition coefficient (Wildman–Crippen LogP) is -0.454. The summed E-state index contributed by atoms with van der Waals surface area (Å²) in [6, 6.07) is 0. The highest BCUT2D eigenvalue weighted by Gasteiger charge is 2.46. The molecule has 2 rings (SSSR count). The van der Waals surface area contributed by atoms with Crippen LogP contribution in [0.2, 0.25) is 0 Å². The van der Waals surface area contributed by atoms with Crippen LogP contribution in [-0.2, 0) is 20.6 Å². The molecule has 10 heteroatoms. The van der Waals surface area contributed by atoms with Crippen LogP contribution < -0.4 is 0 Å². The van der Waals surface area contributed by atoms with Gasteiger partial charge in [0.05, 0.1) is 20.8 Å². The predicted molar refractivity (Wildman–Crippen MR) is 90.0 cm³/mol. The van der Waals surface area contributed by atoms with Crippen LogP contribution in [-0.4, -0.2) is 76.6 Å². The Hall–Kier alpha value is -2.14. The van der Waals surface area contributed by atoms with Crippen LogP contribution in [0, 0.1) is 0 Å². The van der Waals surface area contributed by atoms with E-state index in [0.717, 1.165) is 13.5 Å². The molecule has 0 aromatic carbocycles. The van der Waals surface area contributed by atoms with Crippen molar-refractivity contribution in [3.8, 4) is 0 Å². The summed E-state index contributed by atoms with van der Waals surface area (Å²) in [4.78, 5) is 24.4. The maximum absolute atomic E-state index is 12.2. The third kappa shape index (κ3) is 4.08. The molecule has 3 N–H and O–H groups in total. The van der Waals surface area contributed by atoms with Gasteiger partial charge in [0.1, 0.15) is 24.4 Å². The van der Waals surface area contributed by atoms with Crippen LogP contribution in [0.25, 0.3) is 0 Å². The van der Waals surface area contributed by atoms with Crippen molar-refractivity contribution >= 4 is 11.9 Å². The highest BCUT2D eigenvalue weighted by atomic mass is 16.6. The van der Waals surface area contributed by atoms with E-state index >= 15 is 0 Å². The van der Waals surface area contributed by atoms with Gasteiger partial charge in [0, 0.05) is 5.56 Å². The number of unbranched alkanes of at least 4 members (excludes halogenated alkanes) is 1. The summed E-state index contributed by atoms with van der Waals surface area (Å²) < 4.78 is 15.0. The summed E-state index contributed by atoms with van der Waals surface area (Å²) in [7, 11) is 2.35. The first kappa shape index (κ1) is 21.2. The first-order chi connectivity index (χ1) is 12.9. The van der Waals surface area contributed by atoms with Crippen molar-refractivity contribution in [1.82, 2.24) is 10.2 Å². The summed E-state index contributed by atoms with van der Waals surface area (Å²) in [5.74, 6) is -1.58. The number of aliphatic hydroxyl groups is 3. The van der Waals surface area contributed by atoms with Crippen LogP contribution in [0.3, 0.4) is 0 Å². The van der Waals surface area contributed by atoms with E-state index in [9.17, 15) is 24.9 Å². The first-order valence-electron chi connectivity index (χ1n) is 8.59. The Morgan fingerprint density at radius 2 is 1.67 bits per heavy atom. The molecule has 0 bridgehead atoms. The first-order valence-corrected chi connectivity index (χ1v) is 8.59. The lowest BCUT2D eigenvalue weighted by Gasteiger charge is -2.21. The van der Waals surface area contributed by atoms with E-state index in [1.165, 1.54) is 7.11 Å². The number of hydrogen-bond acceptors (Lipinski definition) is 10. The molecule has 0 amide bonds. The Labute approximate surface area is 156 Å². The molecule has 2 heterocycles. The van der Waals surface area contributed by atoms with E-state index in [4.69, 9.17) is 14.2 Å². The summed E-state index contributed by atoms with van der Waals surface area (Å²) in [6.07, 6.45) is -3.30. The van der Waals surface area contributed by atoms with Crippen molar-refractivity contribution in [2.75, 3.05) is 20.8 Å².